The van der Waals surface area contributed by atoms with Crippen LogP contribution in [0.15, 0.2) is 0 Å². The number of hydrogen-bond donors (Lipinski definition) is 1. The third kappa shape index (κ3) is 9.72. The van der Waals surface area contributed by atoms with Gasteiger partial charge in [0.15, 0.2) is 0 Å². The zero-order chi connectivity index (χ0) is 10.8. The molecule has 0 saturated heterocycles. The second-order valence-corrected chi connectivity index (χ2v) is 4.12. The topological polar surface area (TPSA) is 37.3 Å². The Kier molecular flexibility index (Phi) is 8.95. The van der Waals surface area contributed by atoms with Crippen molar-refractivity contribution in [3.8, 4) is 0 Å². The number of aliphatic hydroxyl groups excluding tert-OH is 1. The van der Waals surface area contributed by atoms with E-state index in [9.17, 15) is 9.90 Å². The zero-order valence-electron chi connectivity index (χ0n) is 9.59. The molecule has 0 aromatic carbocycles. The van der Waals surface area contributed by atoms with Crippen molar-refractivity contribution in [3.63, 3.8) is 0 Å². The van der Waals surface area contributed by atoms with Gasteiger partial charge in [0.2, 0.25) is 0 Å². The molecular weight excluding hydrogens is 176 g/mol. The number of rotatable bonds is 9. The van der Waals surface area contributed by atoms with Gasteiger partial charge in [-0.05, 0) is 13.3 Å². The fraction of sp³-hybridized carbons (Fsp3) is 0.917. The van der Waals surface area contributed by atoms with Gasteiger partial charge in [0.1, 0.15) is 5.78 Å². The molecule has 0 radical (unpaired) electrons. The van der Waals surface area contributed by atoms with Gasteiger partial charge in [-0.1, -0.05) is 45.4 Å². The summed E-state index contributed by atoms with van der Waals surface area (Å²) >= 11 is 0. The maximum absolute atomic E-state index is 10.7. The Morgan fingerprint density at radius 1 is 1.14 bits per heavy atom. The fourth-order valence-corrected chi connectivity index (χ4v) is 1.59. The van der Waals surface area contributed by atoms with Crippen LogP contribution >= 0.6 is 0 Å². The maximum Gasteiger partial charge on any atom is 0.132 e. The Bertz CT molecular complexity index is 143. The van der Waals surface area contributed by atoms with Crippen LogP contribution in [0.5, 0.6) is 0 Å². The van der Waals surface area contributed by atoms with Gasteiger partial charge in [0, 0.05) is 6.42 Å². The average molecular weight is 200 g/mol. The molecule has 0 rings (SSSR count). The second kappa shape index (κ2) is 9.20. The third-order valence-corrected chi connectivity index (χ3v) is 2.41. The van der Waals surface area contributed by atoms with Crippen LogP contribution < -0.4 is 0 Å². The molecule has 2 heteroatoms. The summed E-state index contributed by atoms with van der Waals surface area (Å²) in [5, 5.41) is 9.40. The van der Waals surface area contributed by atoms with Gasteiger partial charge in [0.25, 0.3) is 0 Å². The minimum absolute atomic E-state index is 0.0866. The molecule has 0 saturated carbocycles. The van der Waals surface area contributed by atoms with Crippen LogP contribution in [-0.4, -0.2) is 17.0 Å². The van der Waals surface area contributed by atoms with E-state index in [-0.39, 0.29) is 5.78 Å². The molecule has 1 atom stereocenters. The monoisotopic (exact) mass is 200 g/mol. The molecular formula is C12H24O2. The van der Waals surface area contributed by atoms with E-state index in [0.29, 0.717) is 6.42 Å². The van der Waals surface area contributed by atoms with Crippen molar-refractivity contribution >= 4 is 5.78 Å². The van der Waals surface area contributed by atoms with Crippen LogP contribution in [0, 0.1) is 0 Å². The summed E-state index contributed by atoms with van der Waals surface area (Å²) < 4.78 is 0. The van der Waals surface area contributed by atoms with Crippen molar-refractivity contribution in [2.45, 2.75) is 71.3 Å². The lowest BCUT2D eigenvalue weighted by molar-refractivity contribution is -0.118. The fourth-order valence-electron chi connectivity index (χ4n) is 1.59. The summed E-state index contributed by atoms with van der Waals surface area (Å²) in [4.78, 5) is 10.7. The molecule has 0 unspecified atom stereocenters. The number of carbonyl (C=O) groups excluding carboxylic acids is 1. The first-order valence-electron chi connectivity index (χ1n) is 5.84. The Balaban J connectivity index is 3.14. The van der Waals surface area contributed by atoms with Gasteiger partial charge < -0.3 is 5.11 Å². The van der Waals surface area contributed by atoms with E-state index in [1.165, 1.54) is 39.0 Å². The summed E-state index contributed by atoms with van der Waals surface area (Å²) in [6.45, 7) is 3.74. The summed E-state index contributed by atoms with van der Waals surface area (Å²) in [6.07, 6.45) is 8.11. The Morgan fingerprint density at radius 3 is 2.29 bits per heavy atom. The van der Waals surface area contributed by atoms with Gasteiger partial charge in [-0.25, -0.2) is 0 Å². The molecule has 0 aromatic heterocycles. The van der Waals surface area contributed by atoms with Crippen LogP contribution in [0.2, 0.25) is 0 Å². The SMILES string of the molecule is CCCCCCCC[C@H](O)CC(C)=O. The molecule has 0 aliphatic heterocycles. The Labute approximate surface area is 87.7 Å². The molecule has 2 nitrogen and oxygen atoms in total. The van der Waals surface area contributed by atoms with E-state index in [1.807, 2.05) is 0 Å². The van der Waals surface area contributed by atoms with Crippen LogP contribution in [0.4, 0.5) is 0 Å². The van der Waals surface area contributed by atoms with E-state index in [1.54, 1.807) is 0 Å². The summed E-state index contributed by atoms with van der Waals surface area (Å²) in [5.41, 5.74) is 0. The van der Waals surface area contributed by atoms with Crippen molar-refractivity contribution in [2.75, 3.05) is 0 Å². The highest BCUT2D eigenvalue weighted by Crippen LogP contribution is 2.10. The van der Waals surface area contributed by atoms with E-state index >= 15 is 0 Å². The van der Waals surface area contributed by atoms with E-state index in [0.717, 1.165) is 12.8 Å². The molecule has 0 aliphatic carbocycles. The lowest BCUT2D eigenvalue weighted by Gasteiger charge is -2.07. The molecule has 0 heterocycles. The van der Waals surface area contributed by atoms with Crippen LogP contribution in [-0.2, 0) is 4.79 Å². The van der Waals surface area contributed by atoms with Crippen molar-refractivity contribution < 1.29 is 9.90 Å². The Morgan fingerprint density at radius 2 is 1.71 bits per heavy atom. The molecule has 0 aliphatic rings. The second-order valence-electron chi connectivity index (χ2n) is 4.12. The third-order valence-electron chi connectivity index (χ3n) is 2.41. The zero-order valence-corrected chi connectivity index (χ0v) is 9.59. The predicted molar refractivity (Wildman–Crippen MR) is 59.3 cm³/mol. The standard InChI is InChI=1S/C12H24O2/c1-3-4-5-6-7-8-9-12(14)10-11(2)13/h12,14H,3-10H2,1-2H3/t12-/m0/s1. The molecule has 84 valence electrons. The summed E-state index contributed by atoms with van der Waals surface area (Å²) in [7, 11) is 0. The normalized spacial score (nSPS) is 12.8. The predicted octanol–water partition coefficient (Wildman–Crippen LogP) is 3.08. The first-order valence-corrected chi connectivity index (χ1v) is 5.84. The van der Waals surface area contributed by atoms with Gasteiger partial charge >= 0.3 is 0 Å². The summed E-state index contributed by atoms with van der Waals surface area (Å²) in [5.74, 6) is 0.0866. The maximum atomic E-state index is 10.7. The van der Waals surface area contributed by atoms with Crippen molar-refractivity contribution in [2.24, 2.45) is 0 Å². The smallest absolute Gasteiger partial charge is 0.132 e. The first-order chi connectivity index (χ1) is 6.66. The molecule has 1 N–H and O–H groups in total. The first kappa shape index (κ1) is 13.6. The average Bonchev–Trinajstić information content (AvgIpc) is 2.10. The van der Waals surface area contributed by atoms with Gasteiger partial charge in [-0.15, -0.1) is 0 Å². The number of carbonyl (C=O) groups is 1. The highest BCUT2D eigenvalue weighted by Gasteiger charge is 2.05. The number of aliphatic hydroxyl groups is 1. The van der Waals surface area contributed by atoms with Crippen molar-refractivity contribution in [3.05, 3.63) is 0 Å². The summed E-state index contributed by atoms with van der Waals surface area (Å²) in [6, 6.07) is 0. The van der Waals surface area contributed by atoms with Gasteiger partial charge in [0.05, 0.1) is 6.10 Å². The lowest BCUT2D eigenvalue weighted by Crippen LogP contribution is -2.10. The molecule has 0 spiro atoms. The van der Waals surface area contributed by atoms with E-state index < -0.39 is 6.10 Å². The van der Waals surface area contributed by atoms with E-state index in [4.69, 9.17) is 0 Å². The van der Waals surface area contributed by atoms with Crippen LogP contribution in [0.3, 0.4) is 0 Å². The number of ketones is 1. The van der Waals surface area contributed by atoms with Crippen LogP contribution in [0.1, 0.15) is 65.2 Å². The molecule has 0 amide bonds. The molecule has 14 heavy (non-hydrogen) atoms. The molecule has 0 aromatic rings. The Hall–Kier alpha value is -0.370. The highest BCUT2D eigenvalue weighted by molar-refractivity contribution is 5.75. The minimum atomic E-state index is -0.404. The molecule has 0 bridgehead atoms. The van der Waals surface area contributed by atoms with Crippen molar-refractivity contribution in [1.29, 1.82) is 0 Å². The number of unbranched alkanes of at least 4 members (excludes halogenated alkanes) is 5. The quantitative estimate of drug-likeness (QED) is 0.581. The molecule has 0 fully saturated rings. The number of hydrogen-bond acceptors (Lipinski definition) is 2. The highest BCUT2D eigenvalue weighted by atomic mass is 16.3. The van der Waals surface area contributed by atoms with Crippen molar-refractivity contribution in [1.82, 2.24) is 0 Å². The number of Topliss-reactive ketones (excluding diaryl/α,β-unsaturated/α-hetero) is 1. The van der Waals surface area contributed by atoms with Gasteiger partial charge in [-0.2, -0.15) is 0 Å². The van der Waals surface area contributed by atoms with Gasteiger partial charge in [-0.3, -0.25) is 4.79 Å². The minimum Gasteiger partial charge on any atom is -0.393 e. The van der Waals surface area contributed by atoms with Crippen LogP contribution in [0.25, 0.3) is 0 Å². The largest absolute Gasteiger partial charge is 0.393 e. The van der Waals surface area contributed by atoms with E-state index in [2.05, 4.69) is 6.92 Å². The lowest BCUT2D eigenvalue weighted by atomic mass is 10.0.